The van der Waals surface area contributed by atoms with Gasteiger partial charge in [0.15, 0.2) is 0 Å². The third-order valence-electron chi connectivity index (χ3n) is 8.13. The lowest BCUT2D eigenvalue weighted by molar-refractivity contribution is -0.140. The molecule has 2 nitrogen and oxygen atoms in total. The van der Waals surface area contributed by atoms with E-state index in [2.05, 4.69) is 6.92 Å². The Balaban J connectivity index is 1.26. The molecule has 0 aliphatic heterocycles. The first-order valence-electron chi connectivity index (χ1n) is 13.2. The van der Waals surface area contributed by atoms with Gasteiger partial charge in [0, 0.05) is 5.56 Å². The Bertz CT molecular complexity index is 874. The molecule has 4 rings (SSSR count). The maximum Gasteiger partial charge on any atom is 0.314 e. The number of carbonyl (C=O) groups excluding carboxylic acids is 1. The van der Waals surface area contributed by atoms with Crippen molar-refractivity contribution in [2.24, 2.45) is 23.7 Å². The molecule has 3 heteroatoms. The molecule has 0 spiro atoms. The third-order valence-corrected chi connectivity index (χ3v) is 8.13. The van der Waals surface area contributed by atoms with E-state index in [4.69, 9.17) is 4.74 Å². The molecule has 0 amide bonds. The van der Waals surface area contributed by atoms with Crippen LogP contribution >= 0.6 is 0 Å². The summed E-state index contributed by atoms with van der Waals surface area (Å²) in [7, 11) is 0. The smallest absolute Gasteiger partial charge is 0.314 e. The molecule has 2 aromatic rings. The van der Waals surface area contributed by atoms with Crippen LogP contribution in [-0.2, 0) is 4.79 Å². The number of para-hydroxylation sites is 1. The van der Waals surface area contributed by atoms with E-state index in [0.717, 1.165) is 54.6 Å². The molecule has 2 aromatic carbocycles. The van der Waals surface area contributed by atoms with E-state index in [-0.39, 0.29) is 17.7 Å². The Morgan fingerprint density at radius 2 is 1.48 bits per heavy atom. The first kappa shape index (κ1) is 24.0. The van der Waals surface area contributed by atoms with Gasteiger partial charge >= 0.3 is 5.97 Å². The number of carbonyl (C=O) groups is 1. The summed E-state index contributed by atoms with van der Waals surface area (Å²) in [6.07, 6.45) is 15.3. The van der Waals surface area contributed by atoms with Crippen molar-refractivity contribution in [1.29, 1.82) is 0 Å². The molecule has 0 radical (unpaired) electrons. The van der Waals surface area contributed by atoms with Crippen molar-refractivity contribution >= 4 is 5.97 Å². The molecular formula is C30H39FO2. The van der Waals surface area contributed by atoms with E-state index in [0.29, 0.717) is 5.75 Å². The number of unbranched alkanes of at least 4 members (excludes halogenated alkanes) is 2. The molecule has 0 heterocycles. The minimum absolute atomic E-state index is 0.00657. The first-order valence-corrected chi connectivity index (χ1v) is 13.2. The molecule has 0 atom stereocenters. The van der Waals surface area contributed by atoms with Gasteiger partial charge in [0.1, 0.15) is 11.6 Å². The van der Waals surface area contributed by atoms with Crippen LogP contribution in [0.3, 0.4) is 0 Å². The van der Waals surface area contributed by atoms with Crippen LogP contribution in [-0.4, -0.2) is 5.97 Å². The Morgan fingerprint density at radius 3 is 2.15 bits per heavy atom. The number of rotatable bonds is 8. The normalized spacial score (nSPS) is 25.5. The predicted octanol–water partition coefficient (Wildman–Crippen LogP) is 8.59. The Kier molecular flexibility index (Phi) is 8.58. The zero-order valence-corrected chi connectivity index (χ0v) is 20.1. The van der Waals surface area contributed by atoms with Crippen molar-refractivity contribution in [3.8, 4) is 16.9 Å². The highest BCUT2D eigenvalue weighted by Gasteiger charge is 2.33. The molecule has 2 fully saturated rings. The van der Waals surface area contributed by atoms with Crippen LogP contribution < -0.4 is 4.74 Å². The molecule has 2 aliphatic rings. The second-order valence-electron chi connectivity index (χ2n) is 10.3. The number of benzene rings is 2. The maximum atomic E-state index is 13.3. The van der Waals surface area contributed by atoms with Gasteiger partial charge in [-0.3, -0.25) is 4.79 Å². The van der Waals surface area contributed by atoms with Crippen LogP contribution in [0.15, 0.2) is 48.5 Å². The lowest BCUT2D eigenvalue weighted by atomic mass is 9.68. The standard InChI is InChI=1S/C30H39FO2/c1-2-3-4-7-22-10-12-23(13-11-22)24-14-16-26(17-15-24)30(32)33-29-9-6-5-8-28(29)25-18-20-27(31)21-19-25/h5-6,8-9,18-24,26H,2-4,7,10-17H2,1H3. The highest BCUT2D eigenvalue weighted by molar-refractivity contribution is 5.79. The predicted molar refractivity (Wildman–Crippen MR) is 133 cm³/mol. The van der Waals surface area contributed by atoms with Gasteiger partial charge in [-0.25, -0.2) is 4.39 Å². The fourth-order valence-electron chi connectivity index (χ4n) is 6.07. The lowest BCUT2D eigenvalue weighted by Crippen LogP contribution is -2.30. The molecule has 0 bridgehead atoms. The molecule has 0 saturated heterocycles. The van der Waals surface area contributed by atoms with Crippen LogP contribution in [0, 0.1) is 29.5 Å². The first-order chi connectivity index (χ1) is 16.1. The summed E-state index contributed by atoms with van der Waals surface area (Å²) in [5.41, 5.74) is 1.68. The second-order valence-corrected chi connectivity index (χ2v) is 10.3. The minimum atomic E-state index is -0.269. The molecule has 0 N–H and O–H groups in total. The van der Waals surface area contributed by atoms with E-state index in [1.54, 1.807) is 12.1 Å². The largest absolute Gasteiger partial charge is 0.426 e. The summed E-state index contributed by atoms with van der Waals surface area (Å²) in [6, 6.07) is 13.9. The van der Waals surface area contributed by atoms with Gasteiger partial charge in [-0.2, -0.15) is 0 Å². The van der Waals surface area contributed by atoms with E-state index in [1.165, 1.54) is 63.5 Å². The van der Waals surface area contributed by atoms with Gasteiger partial charge in [-0.1, -0.05) is 75.8 Å². The zero-order chi connectivity index (χ0) is 23.0. The highest BCUT2D eigenvalue weighted by Crippen LogP contribution is 2.43. The maximum absolute atomic E-state index is 13.3. The molecule has 33 heavy (non-hydrogen) atoms. The number of halogens is 1. The third kappa shape index (κ3) is 6.46. The summed E-state index contributed by atoms with van der Waals surface area (Å²) < 4.78 is 19.2. The van der Waals surface area contributed by atoms with Crippen LogP contribution in [0.1, 0.15) is 84.0 Å². The summed E-state index contributed by atoms with van der Waals surface area (Å²) in [5.74, 6) is 2.80. The molecule has 0 unspecified atom stereocenters. The van der Waals surface area contributed by atoms with Gasteiger partial charge in [0.25, 0.3) is 0 Å². The lowest BCUT2D eigenvalue weighted by Gasteiger charge is -2.37. The number of hydrogen-bond acceptors (Lipinski definition) is 2. The molecular weight excluding hydrogens is 411 g/mol. The van der Waals surface area contributed by atoms with Gasteiger partial charge in [-0.15, -0.1) is 0 Å². The van der Waals surface area contributed by atoms with E-state index in [9.17, 15) is 9.18 Å². The van der Waals surface area contributed by atoms with Gasteiger partial charge in [0.2, 0.25) is 0 Å². The number of hydrogen-bond donors (Lipinski definition) is 0. The van der Waals surface area contributed by atoms with E-state index < -0.39 is 0 Å². The van der Waals surface area contributed by atoms with E-state index >= 15 is 0 Å². The van der Waals surface area contributed by atoms with Gasteiger partial charge < -0.3 is 4.74 Å². The molecule has 0 aromatic heterocycles. The Labute approximate surface area is 198 Å². The van der Waals surface area contributed by atoms with Crippen molar-refractivity contribution in [2.45, 2.75) is 84.0 Å². The Morgan fingerprint density at radius 1 is 0.848 bits per heavy atom. The summed E-state index contributed by atoms with van der Waals surface area (Å²) in [5, 5.41) is 0. The average molecular weight is 451 g/mol. The van der Waals surface area contributed by atoms with Crippen molar-refractivity contribution in [2.75, 3.05) is 0 Å². The Hall–Kier alpha value is -2.16. The van der Waals surface area contributed by atoms with Crippen molar-refractivity contribution in [3.05, 3.63) is 54.3 Å². The van der Waals surface area contributed by atoms with Crippen molar-refractivity contribution in [3.63, 3.8) is 0 Å². The molecule has 2 aliphatic carbocycles. The fraction of sp³-hybridized carbons (Fsp3) is 0.567. The minimum Gasteiger partial charge on any atom is -0.426 e. The van der Waals surface area contributed by atoms with Crippen LogP contribution in [0.2, 0.25) is 0 Å². The van der Waals surface area contributed by atoms with Crippen LogP contribution in [0.4, 0.5) is 4.39 Å². The topological polar surface area (TPSA) is 26.3 Å². The fourth-order valence-corrected chi connectivity index (χ4v) is 6.07. The number of esters is 1. The zero-order valence-electron chi connectivity index (χ0n) is 20.1. The van der Waals surface area contributed by atoms with Gasteiger partial charge in [0.05, 0.1) is 5.92 Å². The summed E-state index contributed by atoms with van der Waals surface area (Å²) in [4.78, 5) is 13.0. The van der Waals surface area contributed by atoms with Crippen LogP contribution in [0.5, 0.6) is 5.75 Å². The molecule has 2 saturated carbocycles. The second kappa shape index (κ2) is 11.8. The number of ether oxygens (including phenoxy) is 1. The summed E-state index contributed by atoms with van der Waals surface area (Å²) >= 11 is 0. The van der Waals surface area contributed by atoms with Gasteiger partial charge in [-0.05, 0) is 80.0 Å². The highest BCUT2D eigenvalue weighted by atomic mass is 19.1. The summed E-state index contributed by atoms with van der Waals surface area (Å²) in [6.45, 7) is 2.29. The monoisotopic (exact) mass is 450 g/mol. The van der Waals surface area contributed by atoms with Crippen LogP contribution in [0.25, 0.3) is 11.1 Å². The van der Waals surface area contributed by atoms with Crippen molar-refractivity contribution in [1.82, 2.24) is 0 Å². The molecule has 178 valence electrons. The average Bonchev–Trinajstić information content (AvgIpc) is 2.86. The van der Waals surface area contributed by atoms with E-state index in [1.807, 2.05) is 24.3 Å². The quantitative estimate of drug-likeness (QED) is 0.229. The SMILES string of the molecule is CCCCCC1CCC(C2CCC(C(=O)Oc3ccccc3-c3ccc(F)cc3)CC2)CC1. The van der Waals surface area contributed by atoms with Crippen molar-refractivity contribution < 1.29 is 13.9 Å².